The summed E-state index contributed by atoms with van der Waals surface area (Å²) < 4.78 is 0. The third-order valence-corrected chi connectivity index (χ3v) is 4.59. The van der Waals surface area contributed by atoms with Crippen LogP contribution in [0.15, 0.2) is 24.3 Å². The van der Waals surface area contributed by atoms with E-state index in [1.165, 1.54) is 0 Å². The van der Waals surface area contributed by atoms with Crippen LogP contribution in [-0.4, -0.2) is 21.7 Å². The Morgan fingerprint density at radius 1 is 1.53 bits per heavy atom. The van der Waals surface area contributed by atoms with Crippen molar-refractivity contribution in [1.82, 2.24) is 0 Å². The summed E-state index contributed by atoms with van der Waals surface area (Å²) >= 11 is 7.92. The number of hydrogen-bond donors (Lipinski definition) is 1. The van der Waals surface area contributed by atoms with Crippen LogP contribution >= 0.6 is 23.4 Å². The van der Waals surface area contributed by atoms with Crippen LogP contribution in [0.3, 0.4) is 0 Å². The second-order valence-electron chi connectivity index (χ2n) is 4.32. The monoisotopic (exact) mass is 242 g/mol. The highest BCUT2D eigenvalue weighted by atomic mass is 35.5. The fraction of sp³-hybridized carbons (Fsp3) is 0.500. The largest absolute Gasteiger partial charge is 0.389 e. The van der Waals surface area contributed by atoms with Gasteiger partial charge < -0.3 is 5.11 Å². The van der Waals surface area contributed by atoms with E-state index in [-0.39, 0.29) is 0 Å². The summed E-state index contributed by atoms with van der Waals surface area (Å²) in [4.78, 5) is 0. The van der Waals surface area contributed by atoms with Gasteiger partial charge in [0.1, 0.15) is 0 Å². The lowest BCUT2D eigenvalue weighted by Crippen LogP contribution is -2.31. The van der Waals surface area contributed by atoms with Gasteiger partial charge in [0.05, 0.1) is 5.60 Å². The SMILES string of the molecule is CC1CC(O)(Cc2ccccc2Cl)CS1. The first-order valence-electron chi connectivity index (χ1n) is 5.16. The Morgan fingerprint density at radius 2 is 2.27 bits per heavy atom. The Morgan fingerprint density at radius 3 is 2.87 bits per heavy atom. The highest BCUT2D eigenvalue weighted by molar-refractivity contribution is 8.00. The minimum Gasteiger partial charge on any atom is -0.389 e. The van der Waals surface area contributed by atoms with Gasteiger partial charge in [-0.2, -0.15) is 11.8 Å². The summed E-state index contributed by atoms with van der Waals surface area (Å²) in [5, 5.41) is 11.7. The molecule has 0 spiro atoms. The van der Waals surface area contributed by atoms with Crippen molar-refractivity contribution in [2.24, 2.45) is 0 Å². The van der Waals surface area contributed by atoms with Gasteiger partial charge in [0.25, 0.3) is 0 Å². The molecule has 1 aliphatic heterocycles. The molecule has 0 aliphatic carbocycles. The van der Waals surface area contributed by atoms with E-state index in [4.69, 9.17) is 11.6 Å². The number of aliphatic hydroxyl groups is 1. The molecule has 1 N–H and O–H groups in total. The number of rotatable bonds is 2. The van der Waals surface area contributed by atoms with Gasteiger partial charge >= 0.3 is 0 Å². The maximum Gasteiger partial charge on any atom is 0.0788 e. The second-order valence-corrected chi connectivity index (χ2v) is 6.15. The van der Waals surface area contributed by atoms with E-state index >= 15 is 0 Å². The smallest absolute Gasteiger partial charge is 0.0788 e. The van der Waals surface area contributed by atoms with Gasteiger partial charge in [0.2, 0.25) is 0 Å². The zero-order chi connectivity index (χ0) is 10.9. The Bertz CT molecular complexity index is 355. The lowest BCUT2D eigenvalue weighted by molar-refractivity contribution is 0.0643. The molecular formula is C12H15ClOS. The number of halogens is 1. The minimum atomic E-state index is -0.560. The molecule has 1 heterocycles. The third kappa shape index (κ3) is 2.68. The van der Waals surface area contributed by atoms with E-state index in [0.29, 0.717) is 11.7 Å². The molecule has 1 saturated heterocycles. The van der Waals surface area contributed by atoms with Crippen molar-refractivity contribution in [1.29, 1.82) is 0 Å². The zero-order valence-electron chi connectivity index (χ0n) is 8.74. The maximum atomic E-state index is 10.4. The van der Waals surface area contributed by atoms with Gasteiger partial charge in [-0.15, -0.1) is 0 Å². The topological polar surface area (TPSA) is 20.2 Å². The molecule has 1 aliphatic rings. The molecule has 0 saturated carbocycles. The van der Waals surface area contributed by atoms with Crippen LogP contribution in [0.4, 0.5) is 0 Å². The highest BCUT2D eigenvalue weighted by Crippen LogP contribution is 2.37. The van der Waals surface area contributed by atoms with E-state index in [0.717, 1.165) is 22.8 Å². The first-order valence-corrected chi connectivity index (χ1v) is 6.59. The van der Waals surface area contributed by atoms with Gasteiger partial charge in [-0.25, -0.2) is 0 Å². The summed E-state index contributed by atoms with van der Waals surface area (Å²) in [6, 6.07) is 7.76. The van der Waals surface area contributed by atoms with Crippen molar-refractivity contribution < 1.29 is 5.11 Å². The van der Waals surface area contributed by atoms with Crippen molar-refractivity contribution in [3.63, 3.8) is 0 Å². The highest BCUT2D eigenvalue weighted by Gasteiger charge is 2.36. The molecule has 15 heavy (non-hydrogen) atoms. The fourth-order valence-electron chi connectivity index (χ4n) is 2.07. The molecule has 0 bridgehead atoms. The molecule has 0 radical (unpaired) electrons. The quantitative estimate of drug-likeness (QED) is 0.860. The van der Waals surface area contributed by atoms with Gasteiger partial charge in [-0.05, 0) is 18.1 Å². The van der Waals surface area contributed by atoms with Crippen molar-refractivity contribution in [3.05, 3.63) is 34.9 Å². The molecular weight excluding hydrogens is 228 g/mol. The second kappa shape index (κ2) is 4.36. The number of benzene rings is 1. The molecule has 0 aromatic heterocycles. The number of hydrogen-bond acceptors (Lipinski definition) is 2. The maximum absolute atomic E-state index is 10.4. The predicted molar refractivity (Wildman–Crippen MR) is 66.6 cm³/mol. The average molecular weight is 243 g/mol. The normalized spacial score (nSPS) is 30.7. The van der Waals surface area contributed by atoms with Crippen molar-refractivity contribution in [3.8, 4) is 0 Å². The first kappa shape index (κ1) is 11.3. The standard InChI is InChI=1S/C12H15ClOS/c1-9-6-12(14,8-15-9)7-10-4-2-3-5-11(10)13/h2-5,9,14H,6-8H2,1H3. The van der Waals surface area contributed by atoms with Gasteiger partial charge in [-0.1, -0.05) is 36.7 Å². The Kier molecular flexibility index (Phi) is 3.29. The molecule has 82 valence electrons. The van der Waals surface area contributed by atoms with Crippen LogP contribution in [0, 0.1) is 0 Å². The first-order chi connectivity index (χ1) is 7.09. The molecule has 1 nitrogen and oxygen atoms in total. The summed E-state index contributed by atoms with van der Waals surface area (Å²) in [7, 11) is 0. The molecule has 2 atom stereocenters. The molecule has 1 aromatic rings. The zero-order valence-corrected chi connectivity index (χ0v) is 10.3. The van der Waals surface area contributed by atoms with Crippen molar-refractivity contribution in [2.75, 3.05) is 5.75 Å². The van der Waals surface area contributed by atoms with Crippen LogP contribution in [0.2, 0.25) is 5.02 Å². The van der Waals surface area contributed by atoms with Crippen LogP contribution in [-0.2, 0) is 6.42 Å². The molecule has 3 heteroatoms. The van der Waals surface area contributed by atoms with E-state index in [2.05, 4.69) is 6.92 Å². The Hall–Kier alpha value is -0.180. The Labute approximate surface area is 99.8 Å². The predicted octanol–water partition coefficient (Wildman–Crippen LogP) is 3.14. The molecule has 2 unspecified atom stereocenters. The van der Waals surface area contributed by atoms with Gasteiger partial charge in [0, 0.05) is 22.4 Å². The molecule has 1 aromatic carbocycles. The van der Waals surface area contributed by atoms with Gasteiger partial charge in [-0.3, -0.25) is 0 Å². The summed E-state index contributed by atoms with van der Waals surface area (Å²) in [6.07, 6.45) is 1.53. The molecule has 0 amide bonds. The molecule has 1 fully saturated rings. The van der Waals surface area contributed by atoms with Crippen LogP contribution < -0.4 is 0 Å². The van der Waals surface area contributed by atoms with E-state index in [9.17, 15) is 5.11 Å². The lowest BCUT2D eigenvalue weighted by Gasteiger charge is -2.22. The van der Waals surface area contributed by atoms with Crippen molar-refractivity contribution in [2.45, 2.75) is 30.6 Å². The van der Waals surface area contributed by atoms with Crippen LogP contribution in [0.1, 0.15) is 18.9 Å². The van der Waals surface area contributed by atoms with E-state index in [1.54, 1.807) is 0 Å². The minimum absolute atomic E-state index is 0.553. The van der Waals surface area contributed by atoms with Crippen LogP contribution in [0.5, 0.6) is 0 Å². The lowest BCUT2D eigenvalue weighted by atomic mass is 9.92. The molecule has 2 rings (SSSR count). The van der Waals surface area contributed by atoms with E-state index < -0.39 is 5.60 Å². The fourth-order valence-corrected chi connectivity index (χ4v) is 3.52. The summed E-state index contributed by atoms with van der Waals surface area (Å²) in [6.45, 7) is 2.16. The third-order valence-electron chi connectivity index (χ3n) is 2.78. The Balaban J connectivity index is 2.12. The number of thioether (sulfide) groups is 1. The van der Waals surface area contributed by atoms with Gasteiger partial charge in [0.15, 0.2) is 0 Å². The van der Waals surface area contributed by atoms with E-state index in [1.807, 2.05) is 36.0 Å². The van der Waals surface area contributed by atoms with Crippen molar-refractivity contribution >= 4 is 23.4 Å². The summed E-state index contributed by atoms with van der Waals surface area (Å²) in [5.74, 6) is 0.819. The average Bonchev–Trinajstić information content (AvgIpc) is 2.51. The summed E-state index contributed by atoms with van der Waals surface area (Å²) in [5.41, 5.74) is 0.492. The van der Waals surface area contributed by atoms with Crippen LogP contribution in [0.25, 0.3) is 0 Å².